The summed E-state index contributed by atoms with van der Waals surface area (Å²) in [6.45, 7) is 3.87. The minimum Gasteiger partial charge on any atom is -0.497 e. The van der Waals surface area contributed by atoms with E-state index in [0.717, 1.165) is 49.8 Å². The molecule has 1 saturated heterocycles. The van der Waals surface area contributed by atoms with E-state index in [0.29, 0.717) is 30.7 Å². The van der Waals surface area contributed by atoms with Crippen molar-refractivity contribution in [2.75, 3.05) is 33.3 Å². The Labute approximate surface area is 172 Å². The first-order chi connectivity index (χ1) is 14.2. The first kappa shape index (κ1) is 19.9. The molecule has 29 heavy (non-hydrogen) atoms. The summed E-state index contributed by atoms with van der Waals surface area (Å²) in [5, 5.41) is 8.35. The van der Waals surface area contributed by atoms with E-state index in [4.69, 9.17) is 9.15 Å². The van der Waals surface area contributed by atoms with E-state index >= 15 is 0 Å². The Balaban J connectivity index is 1.23. The first-order valence-corrected chi connectivity index (χ1v) is 10.7. The van der Waals surface area contributed by atoms with Crippen molar-refractivity contribution >= 4 is 5.91 Å². The van der Waals surface area contributed by atoms with Crippen LogP contribution in [0.3, 0.4) is 0 Å². The van der Waals surface area contributed by atoms with Crippen molar-refractivity contribution in [3.63, 3.8) is 0 Å². The molecule has 0 atom stereocenters. The van der Waals surface area contributed by atoms with Gasteiger partial charge >= 0.3 is 0 Å². The molecule has 0 unspecified atom stereocenters. The van der Waals surface area contributed by atoms with Crippen LogP contribution in [-0.4, -0.2) is 59.2 Å². The SMILES string of the molecule is COc1ccc(-c2nnc(CN3CCN(C(=O)CCC4CCCC4)CC3)o2)cc1. The van der Waals surface area contributed by atoms with Crippen molar-refractivity contribution in [1.29, 1.82) is 0 Å². The second-order valence-corrected chi connectivity index (χ2v) is 8.08. The maximum Gasteiger partial charge on any atom is 0.247 e. The monoisotopic (exact) mass is 398 g/mol. The van der Waals surface area contributed by atoms with Gasteiger partial charge in [-0.15, -0.1) is 10.2 Å². The highest BCUT2D eigenvalue weighted by molar-refractivity contribution is 5.76. The molecular weight excluding hydrogens is 368 g/mol. The highest BCUT2D eigenvalue weighted by atomic mass is 16.5. The van der Waals surface area contributed by atoms with E-state index in [1.807, 2.05) is 29.2 Å². The van der Waals surface area contributed by atoms with Gasteiger partial charge in [0.15, 0.2) is 0 Å². The number of methoxy groups -OCH3 is 1. The standard InChI is InChI=1S/C22H30N4O3/c1-28-19-9-7-18(8-10-19)22-24-23-20(29-22)16-25-12-14-26(15-13-25)21(27)11-6-17-4-2-3-5-17/h7-10,17H,2-6,11-16H2,1H3. The molecule has 1 aliphatic heterocycles. The van der Waals surface area contributed by atoms with Crippen LogP contribution >= 0.6 is 0 Å². The van der Waals surface area contributed by atoms with E-state index < -0.39 is 0 Å². The quantitative estimate of drug-likeness (QED) is 0.712. The molecular formula is C22H30N4O3. The molecule has 0 N–H and O–H groups in total. The van der Waals surface area contributed by atoms with Gasteiger partial charge in [-0.05, 0) is 36.6 Å². The van der Waals surface area contributed by atoms with Crippen LogP contribution in [0.25, 0.3) is 11.5 Å². The molecule has 4 rings (SSSR count). The summed E-state index contributed by atoms with van der Waals surface area (Å²) in [5.41, 5.74) is 0.877. The molecule has 7 nitrogen and oxygen atoms in total. The zero-order valence-corrected chi connectivity index (χ0v) is 17.2. The third-order valence-electron chi connectivity index (χ3n) is 6.13. The molecule has 1 aromatic carbocycles. The average Bonchev–Trinajstić information content (AvgIpc) is 3.45. The van der Waals surface area contributed by atoms with Crippen LogP contribution in [0.2, 0.25) is 0 Å². The van der Waals surface area contributed by atoms with Gasteiger partial charge in [-0.3, -0.25) is 9.69 Å². The van der Waals surface area contributed by atoms with Gasteiger partial charge in [-0.2, -0.15) is 0 Å². The Hall–Kier alpha value is -2.41. The predicted molar refractivity (Wildman–Crippen MR) is 109 cm³/mol. The second-order valence-electron chi connectivity index (χ2n) is 8.08. The third-order valence-corrected chi connectivity index (χ3v) is 6.13. The predicted octanol–water partition coefficient (Wildman–Crippen LogP) is 3.36. The number of carbonyl (C=O) groups excluding carboxylic acids is 1. The average molecular weight is 399 g/mol. The lowest BCUT2D eigenvalue weighted by atomic mass is 10.0. The molecule has 1 aromatic heterocycles. The molecule has 2 fully saturated rings. The van der Waals surface area contributed by atoms with Gasteiger partial charge in [0.2, 0.25) is 17.7 Å². The van der Waals surface area contributed by atoms with Gasteiger partial charge in [0.25, 0.3) is 0 Å². The van der Waals surface area contributed by atoms with Crippen molar-refractivity contribution in [3.8, 4) is 17.2 Å². The Bertz CT molecular complexity index is 791. The van der Waals surface area contributed by atoms with Crippen molar-refractivity contribution in [2.45, 2.75) is 45.1 Å². The van der Waals surface area contributed by atoms with Crippen LogP contribution in [-0.2, 0) is 11.3 Å². The highest BCUT2D eigenvalue weighted by Gasteiger charge is 2.24. The number of hydrogen-bond acceptors (Lipinski definition) is 6. The molecule has 2 aromatic rings. The number of amides is 1. The van der Waals surface area contributed by atoms with Gasteiger partial charge in [0.1, 0.15) is 5.75 Å². The summed E-state index contributed by atoms with van der Waals surface area (Å²) in [6.07, 6.45) is 7.07. The largest absolute Gasteiger partial charge is 0.497 e. The number of benzene rings is 1. The minimum atomic E-state index is 0.316. The number of piperazine rings is 1. The minimum absolute atomic E-state index is 0.316. The summed E-state index contributed by atoms with van der Waals surface area (Å²) in [5.74, 6) is 3.01. The lowest BCUT2D eigenvalue weighted by molar-refractivity contribution is -0.133. The highest BCUT2D eigenvalue weighted by Crippen LogP contribution is 2.29. The number of nitrogens with zero attached hydrogens (tertiary/aromatic N) is 4. The van der Waals surface area contributed by atoms with Crippen molar-refractivity contribution in [3.05, 3.63) is 30.2 Å². The van der Waals surface area contributed by atoms with E-state index in [1.54, 1.807) is 7.11 Å². The Kier molecular flexibility index (Phi) is 6.44. The summed E-state index contributed by atoms with van der Waals surface area (Å²) < 4.78 is 11.0. The third kappa shape index (κ3) is 5.15. The maximum atomic E-state index is 12.5. The van der Waals surface area contributed by atoms with Crippen LogP contribution in [0.1, 0.15) is 44.4 Å². The topological polar surface area (TPSA) is 71.7 Å². The van der Waals surface area contributed by atoms with Crippen LogP contribution in [0, 0.1) is 5.92 Å². The molecule has 0 spiro atoms. The Morgan fingerprint density at radius 1 is 1.10 bits per heavy atom. The fraction of sp³-hybridized carbons (Fsp3) is 0.591. The van der Waals surface area contributed by atoms with Crippen LogP contribution in [0.4, 0.5) is 0 Å². The van der Waals surface area contributed by atoms with Crippen molar-refractivity contribution < 1.29 is 13.9 Å². The zero-order chi connectivity index (χ0) is 20.1. The second kappa shape index (κ2) is 9.39. The first-order valence-electron chi connectivity index (χ1n) is 10.7. The van der Waals surface area contributed by atoms with Gasteiger partial charge in [-0.1, -0.05) is 25.7 Å². The number of rotatable bonds is 7. The van der Waals surface area contributed by atoms with E-state index in [-0.39, 0.29) is 0 Å². The normalized spacial score (nSPS) is 18.3. The Morgan fingerprint density at radius 3 is 2.52 bits per heavy atom. The van der Waals surface area contributed by atoms with Crippen LogP contribution < -0.4 is 4.74 Å². The fourth-order valence-corrected chi connectivity index (χ4v) is 4.30. The zero-order valence-electron chi connectivity index (χ0n) is 17.2. The molecule has 1 saturated carbocycles. The van der Waals surface area contributed by atoms with E-state index in [1.165, 1.54) is 25.7 Å². The van der Waals surface area contributed by atoms with Crippen LogP contribution in [0.5, 0.6) is 5.75 Å². The van der Waals surface area contributed by atoms with E-state index in [9.17, 15) is 4.79 Å². The van der Waals surface area contributed by atoms with Crippen molar-refractivity contribution in [1.82, 2.24) is 20.0 Å². The molecule has 1 aliphatic carbocycles. The molecule has 1 amide bonds. The Morgan fingerprint density at radius 2 is 1.83 bits per heavy atom. The number of carbonyl (C=O) groups is 1. The number of hydrogen-bond donors (Lipinski definition) is 0. The fourth-order valence-electron chi connectivity index (χ4n) is 4.30. The lowest BCUT2D eigenvalue weighted by Crippen LogP contribution is -2.48. The summed E-state index contributed by atoms with van der Waals surface area (Å²) in [7, 11) is 1.64. The molecule has 7 heteroatoms. The van der Waals surface area contributed by atoms with Gasteiger partial charge in [0.05, 0.1) is 13.7 Å². The molecule has 2 aliphatic rings. The van der Waals surface area contributed by atoms with Gasteiger partial charge < -0.3 is 14.1 Å². The van der Waals surface area contributed by atoms with E-state index in [2.05, 4.69) is 15.1 Å². The number of aromatic nitrogens is 2. The molecule has 156 valence electrons. The summed E-state index contributed by atoms with van der Waals surface area (Å²) in [4.78, 5) is 16.8. The van der Waals surface area contributed by atoms with Gasteiger partial charge in [0, 0.05) is 38.2 Å². The maximum absolute atomic E-state index is 12.5. The van der Waals surface area contributed by atoms with Gasteiger partial charge in [-0.25, -0.2) is 0 Å². The summed E-state index contributed by atoms with van der Waals surface area (Å²) >= 11 is 0. The molecule has 0 radical (unpaired) electrons. The lowest BCUT2D eigenvalue weighted by Gasteiger charge is -2.34. The number of ether oxygens (including phenoxy) is 1. The summed E-state index contributed by atoms with van der Waals surface area (Å²) in [6, 6.07) is 7.57. The smallest absolute Gasteiger partial charge is 0.247 e. The van der Waals surface area contributed by atoms with Crippen molar-refractivity contribution in [2.24, 2.45) is 5.92 Å². The molecule has 0 bridgehead atoms. The van der Waals surface area contributed by atoms with Crippen LogP contribution in [0.15, 0.2) is 28.7 Å². The molecule has 2 heterocycles.